The van der Waals surface area contributed by atoms with Crippen molar-refractivity contribution in [3.63, 3.8) is 0 Å². The van der Waals surface area contributed by atoms with E-state index in [2.05, 4.69) is 26.6 Å². The first-order valence-corrected chi connectivity index (χ1v) is 24.7. The van der Waals surface area contributed by atoms with Crippen LogP contribution in [0.25, 0.3) is 22.3 Å². The molecule has 0 radical (unpaired) electrons. The second kappa shape index (κ2) is 22.6. The van der Waals surface area contributed by atoms with Crippen molar-refractivity contribution < 1.29 is 57.3 Å². The number of pyridine rings is 2. The minimum atomic E-state index is -2.03. The van der Waals surface area contributed by atoms with Gasteiger partial charge >= 0.3 is 12.1 Å². The highest BCUT2D eigenvalue weighted by Gasteiger charge is 2.46. The molecule has 20 heteroatoms. The van der Waals surface area contributed by atoms with Gasteiger partial charge in [-0.1, -0.05) is 37.3 Å². The number of halogens is 1. The average molecular weight is 1010 g/mol. The first kappa shape index (κ1) is 53.4. The van der Waals surface area contributed by atoms with Gasteiger partial charge in [-0.3, -0.25) is 33.6 Å². The fourth-order valence-electron chi connectivity index (χ4n) is 9.52. The summed E-state index contributed by atoms with van der Waals surface area (Å²) in [6, 6.07) is 10.4. The Hall–Kier alpha value is -7.35. The molecule has 0 spiro atoms. The lowest BCUT2D eigenvalue weighted by Gasteiger charge is -2.31. The van der Waals surface area contributed by atoms with E-state index in [1.54, 1.807) is 65.0 Å². The molecule has 3 aliphatic rings. The van der Waals surface area contributed by atoms with E-state index < -0.39 is 76.0 Å². The zero-order valence-corrected chi connectivity index (χ0v) is 41.7. The van der Waals surface area contributed by atoms with Gasteiger partial charge in [-0.05, 0) is 88.1 Å². The standard InChI is InChI=1S/C53H62FN7O12/c1-6-53(71)35-24-40-48-33(27-61(40)49(68)34(35)28-72-50(53)69)47-37(16-15-32-29(2)36(54)25-39(60-48)46(32)47)58-44(66)13-10-21-55-42(64)19-17-41(63)38(23-30-11-8-7-9-12-30)59-45(67)18-14-31(62)26-57-43(65)20-22-56-51(70)73-52(3,4)5/h7-9,11-12,24-25,37-38,71H,6,10,13-23,26-28H2,1-5H3,(H,55,64)(H,56,70)(H,57,65)(H,58,66)(H,59,67)/t37?,38-,53-/m0/s1. The topological polar surface area (TPSA) is 270 Å². The average Bonchev–Trinajstić information content (AvgIpc) is 3.72. The van der Waals surface area contributed by atoms with Crippen molar-refractivity contribution in [1.29, 1.82) is 0 Å². The summed E-state index contributed by atoms with van der Waals surface area (Å²) in [7, 11) is 0. The predicted molar refractivity (Wildman–Crippen MR) is 263 cm³/mol. The molecule has 1 unspecified atom stereocenters. The predicted octanol–water partition coefficient (Wildman–Crippen LogP) is 3.98. The van der Waals surface area contributed by atoms with Gasteiger partial charge in [0.25, 0.3) is 5.56 Å². The number of hydrogen-bond acceptors (Lipinski definition) is 13. The zero-order chi connectivity index (χ0) is 52.8. The molecule has 7 rings (SSSR count). The number of aliphatic hydroxyl groups is 1. The lowest BCUT2D eigenvalue weighted by Crippen LogP contribution is -2.44. The third-order valence-corrected chi connectivity index (χ3v) is 13.4. The fourth-order valence-corrected chi connectivity index (χ4v) is 9.52. The number of ketones is 2. The Bertz CT molecular complexity index is 2930. The van der Waals surface area contributed by atoms with Gasteiger partial charge in [0.15, 0.2) is 17.2 Å². The van der Waals surface area contributed by atoms with Crippen molar-refractivity contribution in [2.75, 3.05) is 19.6 Å². The van der Waals surface area contributed by atoms with Crippen LogP contribution in [0.5, 0.6) is 0 Å². The molecule has 2 aliphatic heterocycles. The summed E-state index contributed by atoms with van der Waals surface area (Å²) in [6.45, 7) is 8.03. The van der Waals surface area contributed by atoms with Crippen LogP contribution in [0.1, 0.15) is 130 Å². The summed E-state index contributed by atoms with van der Waals surface area (Å²) in [4.78, 5) is 121. The quantitative estimate of drug-likeness (QED) is 0.0449. The largest absolute Gasteiger partial charge is 0.458 e. The molecule has 19 nitrogen and oxygen atoms in total. The number of aryl methyl sites for hydroxylation is 1. The summed E-state index contributed by atoms with van der Waals surface area (Å²) in [5.74, 6) is -3.88. The number of benzene rings is 2. The molecule has 4 aromatic rings. The highest BCUT2D eigenvalue weighted by molar-refractivity contribution is 5.95. The minimum Gasteiger partial charge on any atom is -0.458 e. The van der Waals surface area contributed by atoms with Gasteiger partial charge in [0, 0.05) is 74.2 Å². The Balaban J connectivity index is 0.904. The van der Waals surface area contributed by atoms with E-state index in [1.807, 2.05) is 6.07 Å². The molecule has 6 N–H and O–H groups in total. The highest BCUT2D eigenvalue weighted by Crippen LogP contribution is 2.46. The molecule has 0 saturated carbocycles. The summed E-state index contributed by atoms with van der Waals surface area (Å²) < 4.78 is 27.2. The van der Waals surface area contributed by atoms with E-state index in [4.69, 9.17) is 14.5 Å². The van der Waals surface area contributed by atoms with Crippen molar-refractivity contribution in [2.24, 2.45) is 0 Å². The second-order valence-electron chi connectivity index (χ2n) is 19.7. The summed E-state index contributed by atoms with van der Waals surface area (Å²) in [5.41, 5.74) is 1.62. The number of fused-ring (bicyclic) bond motifs is 5. The Morgan fingerprint density at radius 1 is 0.890 bits per heavy atom. The van der Waals surface area contributed by atoms with E-state index in [0.29, 0.717) is 46.3 Å². The van der Waals surface area contributed by atoms with Gasteiger partial charge in [0.05, 0.1) is 47.6 Å². The first-order chi connectivity index (χ1) is 34.7. The number of nitrogens with one attached hydrogen (secondary N) is 5. The number of ether oxygens (including phenoxy) is 2. The van der Waals surface area contributed by atoms with Crippen molar-refractivity contribution in [2.45, 2.75) is 142 Å². The van der Waals surface area contributed by atoms with Crippen LogP contribution in [0.4, 0.5) is 9.18 Å². The van der Waals surface area contributed by atoms with Gasteiger partial charge in [-0.25, -0.2) is 19.0 Å². The number of hydrogen-bond donors (Lipinski definition) is 6. The third-order valence-electron chi connectivity index (χ3n) is 13.4. The molecule has 1 aliphatic carbocycles. The van der Waals surface area contributed by atoms with Crippen LogP contribution in [-0.2, 0) is 74.6 Å². The number of alkyl carbamates (subject to hydrolysis) is 1. The van der Waals surface area contributed by atoms with Crippen LogP contribution in [-0.4, -0.2) is 93.2 Å². The van der Waals surface area contributed by atoms with Crippen molar-refractivity contribution >= 4 is 58.2 Å². The second-order valence-corrected chi connectivity index (χ2v) is 19.7. The maximum Gasteiger partial charge on any atom is 0.407 e. The number of amides is 5. The van der Waals surface area contributed by atoms with Crippen molar-refractivity contribution in [3.05, 3.63) is 97.6 Å². The molecule has 2 aromatic heterocycles. The van der Waals surface area contributed by atoms with Crippen LogP contribution < -0.4 is 32.1 Å². The Labute approximate surface area is 420 Å². The van der Waals surface area contributed by atoms with Gasteiger partial charge in [-0.2, -0.15) is 0 Å². The van der Waals surface area contributed by atoms with Crippen LogP contribution in [0, 0.1) is 12.7 Å². The zero-order valence-electron chi connectivity index (χ0n) is 41.7. The highest BCUT2D eigenvalue weighted by atomic mass is 19.1. The SMILES string of the molecule is CC[C@@]1(O)C(=O)OCc2c1cc1n(c2=O)Cc2c-1nc1cc(F)c(C)c3c1c2C(NC(=O)CCCNC(=O)CCC(=O)[C@H](Cc1ccccc1)NC(=O)CCC(=O)CNC(=O)CCNC(=O)OC(C)(C)C)CC3. The van der Waals surface area contributed by atoms with E-state index in [1.165, 1.54) is 10.6 Å². The van der Waals surface area contributed by atoms with E-state index in [9.17, 15) is 48.3 Å². The number of cyclic esters (lactones) is 1. The number of carbonyl (C=O) groups excluding carboxylic acids is 8. The maximum atomic E-state index is 15.4. The van der Waals surface area contributed by atoms with Crippen molar-refractivity contribution in [3.8, 4) is 11.4 Å². The maximum absolute atomic E-state index is 15.4. The van der Waals surface area contributed by atoms with E-state index in [-0.39, 0.29) is 108 Å². The number of nitrogens with zero attached hydrogens (tertiary/aromatic N) is 2. The molecular formula is C53H62FN7O12. The number of rotatable bonds is 21. The van der Waals surface area contributed by atoms with Crippen molar-refractivity contribution in [1.82, 2.24) is 36.1 Å². The Morgan fingerprint density at radius 2 is 1.62 bits per heavy atom. The lowest BCUT2D eigenvalue weighted by atomic mass is 9.81. The molecule has 388 valence electrons. The third kappa shape index (κ3) is 12.5. The number of esters is 1. The van der Waals surface area contributed by atoms with Crippen LogP contribution in [0.3, 0.4) is 0 Å². The number of carbonyl (C=O) groups is 8. The Kier molecular flexibility index (Phi) is 16.5. The smallest absolute Gasteiger partial charge is 0.407 e. The van der Waals surface area contributed by atoms with Gasteiger partial charge in [0.1, 0.15) is 18.0 Å². The van der Waals surface area contributed by atoms with Crippen LogP contribution >= 0.6 is 0 Å². The molecule has 0 saturated heterocycles. The summed E-state index contributed by atoms with van der Waals surface area (Å²) >= 11 is 0. The normalized spacial score (nSPS) is 16.8. The van der Waals surface area contributed by atoms with Crippen LogP contribution in [0.15, 0.2) is 47.3 Å². The molecule has 73 heavy (non-hydrogen) atoms. The molecule has 5 amide bonds. The van der Waals surface area contributed by atoms with E-state index >= 15 is 4.39 Å². The molecular weight excluding hydrogens is 946 g/mol. The molecule has 4 heterocycles. The number of Topliss-reactive ketones (excluding diaryl/α,β-unsaturated/α-hetero) is 2. The lowest BCUT2D eigenvalue weighted by molar-refractivity contribution is -0.172. The van der Waals surface area contributed by atoms with Crippen LogP contribution in [0.2, 0.25) is 0 Å². The molecule has 2 aromatic carbocycles. The van der Waals surface area contributed by atoms with Gasteiger partial charge in [0.2, 0.25) is 23.6 Å². The minimum absolute atomic E-state index is 0.000188. The fraction of sp³-hybridized carbons (Fsp3) is 0.472. The summed E-state index contributed by atoms with van der Waals surface area (Å²) in [6.07, 6.45) is -0.294. The van der Waals surface area contributed by atoms with E-state index in [0.717, 1.165) is 16.7 Å². The molecule has 3 atom stereocenters. The Morgan fingerprint density at radius 3 is 2.34 bits per heavy atom. The molecule has 0 fully saturated rings. The summed E-state index contributed by atoms with van der Waals surface area (Å²) in [5, 5.41) is 25.6. The number of aromatic nitrogens is 2. The monoisotopic (exact) mass is 1010 g/mol. The first-order valence-electron chi connectivity index (χ1n) is 24.7. The van der Waals surface area contributed by atoms with Gasteiger partial charge in [-0.15, -0.1) is 0 Å². The molecule has 0 bridgehead atoms. The van der Waals surface area contributed by atoms with Gasteiger partial charge < -0.3 is 45.7 Å².